The number of rotatable bonds is 4. The highest BCUT2D eigenvalue weighted by Crippen LogP contribution is 2.21. The summed E-state index contributed by atoms with van der Waals surface area (Å²) in [5.74, 6) is 0.529. The third-order valence-electron chi connectivity index (χ3n) is 4.24. The third-order valence-corrected chi connectivity index (χ3v) is 4.24. The van der Waals surface area contributed by atoms with E-state index in [1.54, 1.807) is 0 Å². The normalized spacial score (nSPS) is 34.1. The van der Waals surface area contributed by atoms with Crippen LogP contribution in [0.5, 0.6) is 0 Å². The second kappa shape index (κ2) is 5.99. The number of aliphatic hydroxyl groups is 1. The van der Waals surface area contributed by atoms with Crippen LogP contribution in [-0.4, -0.2) is 48.3 Å². The van der Waals surface area contributed by atoms with E-state index in [-0.39, 0.29) is 0 Å². The Morgan fingerprint density at radius 3 is 2.88 bits per heavy atom. The van der Waals surface area contributed by atoms with Crippen LogP contribution in [0.15, 0.2) is 0 Å². The van der Waals surface area contributed by atoms with E-state index < -0.39 is 0 Å². The molecule has 2 aliphatic rings. The predicted octanol–water partition coefficient (Wildman–Crippen LogP) is 1.22. The smallest absolute Gasteiger partial charge is 0.0471 e. The van der Waals surface area contributed by atoms with Crippen molar-refractivity contribution in [2.24, 2.45) is 5.92 Å². The summed E-state index contributed by atoms with van der Waals surface area (Å²) in [4.78, 5) is 2.55. The molecule has 16 heavy (non-hydrogen) atoms. The van der Waals surface area contributed by atoms with Gasteiger partial charge in [0.15, 0.2) is 0 Å². The molecule has 0 saturated carbocycles. The van der Waals surface area contributed by atoms with Gasteiger partial charge in [-0.25, -0.2) is 0 Å². The summed E-state index contributed by atoms with van der Waals surface area (Å²) >= 11 is 0. The number of likely N-dealkylation sites (tertiary alicyclic amines) is 1. The van der Waals surface area contributed by atoms with E-state index in [0.717, 1.165) is 12.6 Å². The molecule has 0 spiro atoms. The van der Waals surface area contributed by atoms with E-state index in [0.29, 0.717) is 18.6 Å². The SMILES string of the molecule is CC(CC1CCCCN1)N1CCC(CO)C1. The fourth-order valence-electron chi connectivity index (χ4n) is 3.10. The van der Waals surface area contributed by atoms with Gasteiger partial charge < -0.3 is 15.3 Å². The molecule has 3 nitrogen and oxygen atoms in total. The second-order valence-corrected chi connectivity index (χ2v) is 5.56. The number of hydrogen-bond acceptors (Lipinski definition) is 3. The van der Waals surface area contributed by atoms with E-state index >= 15 is 0 Å². The molecule has 2 aliphatic heterocycles. The van der Waals surface area contributed by atoms with Crippen LogP contribution in [0.4, 0.5) is 0 Å². The molecule has 2 heterocycles. The number of piperidine rings is 1. The van der Waals surface area contributed by atoms with Crippen molar-refractivity contribution in [1.82, 2.24) is 10.2 Å². The quantitative estimate of drug-likeness (QED) is 0.756. The Morgan fingerprint density at radius 1 is 1.38 bits per heavy atom. The van der Waals surface area contributed by atoms with Crippen molar-refractivity contribution < 1.29 is 5.11 Å². The molecule has 0 aromatic heterocycles. The number of hydrogen-bond donors (Lipinski definition) is 2. The van der Waals surface area contributed by atoms with E-state index in [1.165, 1.54) is 45.2 Å². The minimum absolute atomic E-state index is 0.366. The average Bonchev–Trinajstić information content (AvgIpc) is 2.79. The van der Waals surface area contributed by atoms with Crippen molar-refractivity contribution in [3.63, 3.8) is 0 Å². The fraction of sp³-hybridized carbons (Fsp3) is 1.00. The van der Waals surface area contributed by atoms with Gasteiger partial charge in [0.2, 0.25) is 0 Å². The molecular formula is C13H26N2O. The lowest BCUT2D eigenvalue weighted by atomic mass is 9.98. The summed E-state index contributed by atoms with van der Waals surface area (Å²) in [6, 6.07) is 1.41. The number of nitrogens with one attached hydrogen (secondary N) is 1. The van der Waals surface area contributed by atoms with Gasteiger partial charge >= 0.3 is 0 Å². The fourth-order valence-corrected chi connectivity index (χ4v) is 3.10. The molecule has 3 heteroatoms. The number of nitrogens with zero attached hydrogens (tertiary/aromatic N) is 1. The maximum Gasteiger partial charge on any atom is 0.0471 e. The maximum absolute atomic E-state index is 9.15. The summed E-state index contributed by atoms with van der Waals surface area (Å²) in [5.41, 5.74) is 0. The first kappa shape index (κ1) is 12.3. The molecule has 2 rings (SSSR count). The van der Waals surface area contributed by atoms with E-state index in [1.807, 2.05) is 0 Å². The molecule has 94 valence electrons. The maximum atomic E-state index is 9.15. The van der Waals surface area contributed by atoms with Crippen LogP contribution in [0.1, 0.15) is 39.0 Å². The van der Waals surface area contributed by atoms with E-state index in [9.17, 15) is 0 Å². The molecule has 0 aromatic carbocycles. The predicted molar refractivity (Wildman–Crippen MR) is 66.5 cm³/mol. The van der Waals surface area contributed by atoms with Crippen LogP contribution in [0.3, 0.4) is 0 Å². The zero-order chi connectivity index (χ0) is 11.4. The van der Waals surface area contributed by atoms with Crippen LogP contribution >= 0.6 is 0 Å². The Kier molecular flexibility index (Phi) is 4.62. The van der Waals surface area contributed by atoms with Crippen molar-refractivity contribution in [2.75, 3.05) is 26.2 Å². The lowest BCUT2D eigenvalue weighted by Crippen LogP contribution is -2.41. The molecule has 3 unspecified atom stereocenters. The molecule has 0 aliphatic carbocycles. The molecule has 0 amide bonds. The summed E-state index contributed by atoms with van der Waals surface area (Å²) < 4.78 is 0. The standard InChI is InChI=1S/C13H26N2O/c1-11(8-13-4-2-3-6-14-13)15-7-5-12(9-15)10-16/h11-14,16H,2-10H2,1H3. The topological polar surface area (TPSA) is 35.5 Å². The summed E-state index contributed by atoms with van der Waals surface area (Å²) in [7, 11) is 0. The highest BCUT2D eigenvalue weighted by Gasteiger charge is 2.27. The van der Waals surface area contributed by atoms with Gasteiger partial charge in [-0.15, -0.1) is 0 Å². The Hall–Kier alpha value is -0.120. The molecule has 2 N–H and O–H groups in total. The van der Waals surface area contributed by atoms with Crippen molar-refractivity contribution in [1.29, 1.82) is 0 Å². The number of aliphatic hydroxyl groups excluding tert-OH is 1. The molecule has 0 radical (unpaired) electrons. The molecule has 0 bridgehead atoms. The Bertz CT molecular complexity index is 204. The van der Waals surface area contributed by atoms with Gasteiger partial charge in [-0.3, -0.25) is 0 Å². The lowest BCUT2D eigenvalue weighted by molar-refractivity contribution is 0.187. The van der Waals surface area contributed by atoms with E-state index in [4.69, 9.17) is 5.11 Å². The first-order valence-corrected chi connectivity index (χ1v) is 6.88. The minimum atomic E-state index is 0.366. The highest BCUT2D eigenvalue weighted by molar-refractivity contribution is 4.83. The first-order chi connectivity index (χ1) is 7.79. The highest BCUT2D eigenvalue weighted by atomic mass is 16.3. The molecular weight excluding hydrogens is 200 g/mol. The Morgan fingerprint density at radius 2 is 2.25 bits per heavy atom. The summed E-state index contributed by atoms with van der Waals surface area (Å²) in [6.07, 6.45) is 6.55. The molecule has 3 atom stereocenters. The summed E-state index contributed by atoms with van der Waals surface area (Å²) in [6.45, 7) is 6.20. The molecule has 2 fully saturated rings. The van der Waals surface area contributed by atoms with Crippen molar-refractivity contribution in [3.05, 3.63) is 0 Å². The zero-order valence-electron chi connectivity index (χ0n) is 10.5. The van der Waals surface area contributed by atoms with Gasteiger partial charge in [-0.1, -0.05) is 6.42 Å². The largest absolute Gasteiger partial charge is 0.396 e. The van der Waals surface area contributed by atoms with Crippen LogP contribution in [-0.2, 0) is 0 Å². The van der Waals surface area contributed by atoms with Gasteiger partial charge in [0, 0.05) is 25.2 Å². The van der Waals surface area contributed by atoms with Crippen molar-refractivity contribution in [2.45, 2.75) is 51.1 Å². The van der Waals surface area contributed by atoms with Gasteiger partial charge in [-0.2, -0.15) is 0 Å². The first-order valence-electron chi connectivity index (χ1n) is 6.88. The second-order valence-electron chi connectivity index (χ2n) is 5.56. The average molecular weight is 226 g/mol. The third kappa shape index (κ3) is 3.19. The monoisotopic (exact) mass is 226 g/mol. The van der Waals surface area contributed by atoms with Gasteiger partial charge in [-0.05, 0) is 51.6 Å². The zero-order valence-corrected chi connectivity index (χ0v) is 10.5. The van der Waals surface area contributed by atoms with Gasteiger partial charge in [0.1, 0.15) is 0 Å². The van der Waals surface area contributed by atoms with Crippen molar-refractivity contribution >= 4 is 0 Å². The van der Waals surface area contributed by atoms with Crippen molar-refractivity contribution in [3.8, 4) is 0 Å². The molecule has 2 saturated heterocycles. The minimum Gasteiger partial charge on any atom is -0.396 e. The Balaban J connectivity index is 1.72. The molecule has 0 aromatic rings. The van der Waals surface area contributed by atoms with Gasteiger partial charge in [0.05, 0.1) is 0 Å². The van der Waals surface area contributed by atoms with Crippen LogP contribution in [0.2, 0.25) is 0 Å². The van der Waals surface area contributed by atoms with E-state index in [2.05, 4.69) is 17.1 Å². The lowest BCUT2D eigenvalue weighted by Gasteiger charge is -2.31. The van der Waals surface area contributed by atoms with Crippen LogP contribution in [0.25, 0.3) is 0 Å². The van der Waals surface area contributed by atoms with Gasteiger partial charge in [0.25, 0.3) is 0 Å². The Labute approximate surface area is 99.2 Å². The van der Waals surface area contributed by atoms with Crippen LogP contribution in [0, 0.1) is 5.92 Å². The summed E-state index contributed by atoms with van der Waals surface area (Å²) in [5, 5.41) is 12.8. The van der Waals surface area contributed by atoms with Crippen LogP contribution < -0.4 is 5.32 Å².